The average Bonchev–Trinajstić information content (AvgIpc) is 3.13. The number of fused-ring (bicyclic) bond motifs is 3. The summed E-state index contributed by atoms with van der Waals surface area (Å²) in [6.45, 7) is 0. The van der Waals surface area contributed by atoms with Gasteiger partial charge in [-0.3, -0.25) is 8.61 Å². The van der Waals surface area contributed by atoms with E-state index in [1.807, 2.05) is 47.1 Å². The lowest BCUT2D eigenvalue weighted by molar-refractivity contribution is 0.687. The molecule has 0 saturated carbocycles. The molecule has 6 heteroatoms. The van der Waals surface area contributed by atoms with Gasteiger partial charge in [0.25, 0.3) is 0 Å². The van der Waals surface area contributed by atoms with E-state index < -0.39 is 10.8 Å². The monoisotopic (exact) mass is 296 g/mol. The third-order valence-corrected chi connectivity index (χ3v) is 4.48. The average molecular weight is 296 g/mol. The number of rotatable bonds is 2. The molecule has 0 radical (unpaired) electrons. The van der Waals surface area contributed by atoms with Crippen LogP contribution in [-0.2, 0) is 10.8 Å². The molecule has 0 bridgehead atoms. The summed E-state index contributed by atoms with van der Waals surface area (Å²) in [6.07, 6.45) is 7.15. The van der Waals surface area contributed by atoms with Crippen LogP contribution in [0.4, 0.5) is 0 Å². The number of nitrogens with one attached hydrogen (secondary N) is 1. The maximum atomic E-state index is 11.5. The van der Waals surface area contributed by atoms with E-state index in [1.165, 1.54) is 0 Å². The molecular weight excluding hydrogens is 284 g/mol. The first kappa shape index (κ1) is 12.3. The molecule has 0 aliphatic rings. The van der Waals surface area contributed by atoms with E-state index in [1.54, 1.807) is 12.6 Å². The lowest BCUT2D eigenvalue weighted by atomic mass is 10.1. The molecule has 0 amide bonds. The Morgan fingerprint density at radius 3 is 2.67 bits per heavy atom. The summed E-state index contributed by atoms with van der Waals surface area (Å²) >= 11 is 0. The van der Waals surface area contributed by atoms with Crippen LogP contribution in [-0.4, -0.2) is 29.8 Å². The van der Waals surface area contributed by atoms with Gasteiger partial charge >= 0.3 is 0 Å². The van der Waals surface area contributed by atoms with Crippen molar-refractivity contribution < 1.29 is 4.21 Å². The van der Waals surface area contributed by atoms with Crippen LogP contribution in [0.25, 0.3) is 27.9 Å². The first-order valence-corrected chi connectivity index (χ1v) is 8.03. The molecule has 21 heavy (non-hydrogen) atoms. The molecule has 1 N–H and O–H groups in total. The summed E-state index contributed by atoms with van der Waals surface area (Å²) in [5.74, 6) is 0. The van der Waals surface area contributed by atoms with E-state index in [-0.39, 0.29) is 0 Å². The number of hydrogen-bond donors (Lipinski definition) is 1. The fourth-order valence-electron chi connectivity index (χ4n) is 2.48. The third-order valence-electron chi connectivity index (χ3n) is 3.54. The first-order valence-electron chi connectivity index (χ1n) is 6.47. The normalized spacial score (nSPS) is 13.0. The van der Waals surface area contributed by atoms with E-state index in [0.717, 1.165) is 32.8 Å². The van der Waals surface area contributed by atoms with Gasteiger partial charge in [-0.2, -0.15) is 0 Å². The van der Waals surface area contributed by atoms with Gasteiger partial charge in [0, 0.05) is 33.7 Å². The maximum absolute atomic E-state index is 11.5. The zero-order valence-electron chi connectivity index (χ0n) is 11.3. The smallest absolute Gasteiger partial charge is 0.154 e. The lowest BCUT2D eigenvalue weighted by Gasteiger charge is -2.01. The second-order valence-corrected chi connectivity index (χ2v) is 6.18. The Bertz CT molecular complexity index is 968. The number of H-pyrrole nitrogens is 1. The molecule has 4 aromatic rings. The van der Waals surface area contributed by atoms with Gasteiger partial charge in [-0.05, 0) is 18.2 Å². The minimum atomic E-state index is -0.966. The zero-order valence-corrected chi connectivity index (χ0v) is 12.1. The summed E-state index contributed by atoms with van der Waals surface area (Å²) < 4.78 is 13.5. The summed E-state index contributed by atoms with van der Waals surface area (Å²) in [5, 5.41) is 0. The summed E-state index contributed by atoms with van der Waals surface area (Å²) in [7, 11) is -0.966. The highest BCUT2D eigenvalue weighted by Crippen LogP contribution is 2.25. The zero-order chi connectivity index (χ0) is 14.4. The minimum Gasteiger partial charge on any atom is -0.345 e. The minimum absolute atomic E-state index is 0.813. The maximum Gasteiger partial charge on any atom is 0.154 e. The largest absolute Gasteiger partial charge is 0.345 e. The number of hydrogen-bond acceptors (Lipinski definition) is 3. The van der Waals surface area contributed by atoms with E-state index in [9.17, 15) is 4.21 Å². The van der Waals surface area contributed by atoms with Crippen molar-refractivity contribution in [3.05, 3.63) is 49.1 Å². The van der Waals surface area contributed by atoms with Crippen molar-refractivity contribution >= 4 is 27.5 Å². The Hall–Kier alpha value is -2.47. The van der Waals surface area contributed by atoms with Crippen molar-refractivity contribution in [3.8, 4) is 11.3 Å². The summed E-state index contributed by atoms with van der Waals surface area (Å²) in [4.78, 5) is 12.8. The third kappa shape index (κ3) is 1.87. The molecule has 4 rings (SSSR count). The van der Waals surface area contributed by atoms with Crippen molar-refractivity contribution in [1.82, 2.24) is 19.4 Å². The molecular formula is C15H12N4OS. The number of aromatic amines is 1. The van der Waals surface area contributed by atoms with Gasteiger partial charge in [0.05, 0.1) is 22.9 Å². The number of nitrogens with zero attached hydrogens (tertiary/aromatic N) is 3. The topological polar surface area (TPSA) is 63.1 Å². The first-order chi connectivity index (χ1) is 10.2. The molecule has 3 aromatic heterocycles. The Balaban J connectivity index is 1.91. The fourth-order valence-corrected chi connectivity index (χ4v) is 3.00. The standard InChI is InChI=1S/C15H12N4OS/c1-21(20)11-4-2-10(3-5-11)14-13-8-17-15-12(6-7-16-15)19(13)9-18-14/h2-9,16H,1H3. The van der Waals surface area contributed by atoms with E-state index in [4.69, 9.17) is 0 Å². The van der Waals surface area contributed by atoms with Crippen LogP contribution in [0, 0.1) is 0 Å². The van der Waals surface area contributed by atoms with Crippen LogP contribution in [0.3, 0.4) is 0 Å². The predicted octanol–water partition coefficient (Wildman–Crippen LogP) is 2.62. The van der Waals surface area contributed by atoms with Crippen LogP contribution < -0.4 is 0 Å². The highest BCUT2D eigenvalue weighted by molar-refractivity contribution is 7.84. The van der Waals surface area contributed by atoms with Crippen LogP contribution >= 0.6 is 0 Å². The van der Waals surface area contributed by atoms with Crippen LogP contribution in [0.1, 0.15) is 0 Å². The van der Waals surface area contributed by atoms with Gasteiger partial charge in [0.1, 0.15) is 6.33 Å². The molecule has 5 nitrogen and oxygen atoms in total. The van der Waals surface area contributed by atoms with E-state index in [0.29, 0.717) is 0 Å². The highest BCUT2D eigenvalue weighted by Gasteiger charge is 2.10. The summed E-state index contributed by atoms with van der Waals surface area (Å²) in [5.41, 5.74) is 4.65. The summed E-state index contributed by atoms with van der Waals surface area (Å²) in [6, 6.07) is 9.61. The molecule has 0 aliphatic carbocycles. The second kappa shape index (κ2) is 4.53. The van der Waals surface area contributed by atoms with Gasteiger partial charge in [0.2, 0.25) is 0 Å². The van der Waals surface area contributed by atoms with Crippen molar-refractivity contribution in [1.29, 1.82) is 0 Å². The predicted molar refractivity (Wildman–Crippen MR) is 82.6 cm³/mol. The van der Waals surface area contributed by atoms with E-state index in [2.05, 4.69) is 15.0 Å². The van der Waals surface area contributed by atoms with Crippen molar-refractivity contribution in [2.24, 2.45) is 0 Å². The van der Waals surface area contributed by atoms with E-state index >= 15 is 0 Å². The van der Waals surface area contributed by atoms with Crippen molar-refractivity contribution in [3.63, 3.8) is 0 Å². The quantitative estimate of drug-likeness (QED) is 0.618. The van der Waals surface area contributed by atoms with Crippen LogP contribution in [0.15, 0.2) is 53.9 Å². The van der Waals surface area contributed by atoms with Crippen molar-refractivity contribution in [2.75, 3.05) is 6.26 Å². The van der Waals surface area contributed by atoms with Gasteiger partial charge in [-0.1, -0.05) is 12.1 Å². The molecule has 0 spiro atoms. The molecule has 3 heterocycles. The van der Waals surface area contributed by atoms with Crippen LogP contribution in [0.5, 0.6) is 0 Å². The van der Waals surface area contributed by atoms with Gasteiger partial charge in [-0.15, -0.1) is 0 Å². The SMILES string of the molecule is CS(=O)c1ccc(-c2ncn3c2cnc2[nH]ccc23)cc1. The Labute approximate surface area is 123 Å². The molecule has 104 valence electrons. The molecule has 1 atom stereocenters. The molecule has 0 fully saturated rings. The molecule has 0 saturated heterocycles. The molecule has 1 unspecified atom stereocenters. The fraction of sp³-hybridized carbons (Fsp3) is 0.0667. The number of imidazole rings is 1. The van der Waals surface area contributed by atoms with Gasteiger partial charge in [0.15, 0.2) is 5.65 Å². The lowest BCUT2D eigenvalue weighted by Crippen LogP contribution is -1.89. The van der Waals surface area contributed by atoms with Gasteiger partial charge in [-0.25, -0.2) is 9.97 Å². The van der Waals surface area contributed by atoms with Gasteiger partial charge < -0.3 is 4.98 Å². The van der Waals surface area contributed by atoms with Crippen LogP contribution in [0.2, 0.25) is 0 Å². The highest BCUT2D eigenvalue weighted by atomic mass is 32.2. The second-order valence-electron chi connectivity index (χ2n) is 4.80. The number of aromatic nitrogens is 4. The molecule has 1 aromatic carbocycles. The Morgan fingerprint density at radius 2 is 1.90 bits per heavy atom. The Kier molecular flexibility index (Phi) is 2.65. The Morgan fingerprint density at radius 1 is 1.10 bits per heavy atom. The van der Waals surface area contributed by atoms with Crippen molar-refractivity contribution in [2.45, 2.75) is 4.90 Å². The number of benzene rings is 1. The molecule has 0 aliphatic heterocycles.